The van der Waals surface area contributed by atoms with Gasteiger partial charge in [-0.3, -0.25) is 9.36 Å². The van der Waals surface area contributed by atoms with Crippen molar-refractivity contribution in [3.63, 3.8) is 0 Å². The number of benzene rings is 2. The quantitative estimate of drug-likeness (QED) is 0.277. The van der Waals surface area contributed by atoms with Crippen LogP contribution < -0.4 is 15.2 Å². The number of ether oxygens (including phenoxy) is 2. The van der Waals surface area contributed by atoms with E-state index in [0.29, 0.717) is 21.4 Å². The van der Waals surface area contributed by atoms with Crippen molar-refractivity contribution in [1.29, 1.82) is 0 Å². The van der Waals surface area contributed by atoms with E-state index in [2.05, 4.69) is 32.9 Å². The van der Waals surface area contributed by atoms with E-state index in [9.17, 15) is 4.79 Å². The SMILES string of the molecule is CC(Oc1cc(-n2cnc3cc(Br)ccc32)sc1C(N)=O)c1cccc(OC2CCN(C)CC2)c1Cl. The van der Waals surface area contributed by atoms with Crippen LogP contribution in [0.4, 0.5) is 0 Å². The molecule has 1 aliphatic rings. The van der Waals surface area contributed by atoms with Gasteiger partial charge in [0.15, 0.2) is 0 Å². The lowest BCUT2D eigenvalue weighted by Gasteiger charge is -2.30. The molecule has 7 nitrogen and oxygen atoms in total. The maximum Gasteiger partial charge on any atom is 0.262 e. The van der Waals surface area contributed by atoms with Gasteiger partial charge in [-0.15, -0.1) is 11.3 Å². The van der Waals surface area contributed by atoms with Crippen LogP contribution in [0.1, 0.15) is 41.1 Å². The first-order chi connectivity index (χ1) is 17.3. The molecule has 0 aliphatic carbocycles. The van der Waals surface area contributed by atoms with Gasteiger partial charge in [0.2, 0.25) is 0 Å². The number of nitrogens with two attached hydrogens (primary N) is 1. The molecule has 1 unspecified atom stereocenters. The first-order valence-electron chi connectivity index (χ1n) is 11.7. The molecule has 36 heavy (non-hydrogen) atoms. The highest BCUT2D eigenvalue weighted by molar-refractivity contribution is 9.10. The number of carbonyl (C=O) groups excluding carboxylic acids is 1. The monoisotopic (exact) mass is 588 g/mol. The summed E-state index contributed by atoms with van der Waals surface area (Å²) in [4.78, 5) is 19.4. The Morgan fingerprint density at radius 2 is 2.00 bits per heavy atom. The average molecular weight is 590 g/mol. The number of nitrogens with zero attached hydrogens (tertiary/aromatic N) is 3. The van der Waals surface area contributed by atoms with Crippen molar-refractivity contribution in [3.8, 4) is 16.5 Å². The number of fused-ring (bicyclic) bond motifs is 1. The summed E-state index contributed by atoms with van der Waals surface area (Å²) in [6.45, 7) is 3.90. The number of amides is 1. The molecule has 5 rings (SSSR count). The predicted molar refractivity (Wildman–Crippen MR) is 147 cm³/mol. The third kappa shape index (κ3) is 5.11. The van der Waals surface area contributed by atoms with Crippen molar-refractivity contribution in [2.24, 2.45) is 5.73 Å². The number of likely N-dealkylation sites (tertiary alicyclic amines) is 1. The van der Waals surface area contributed by atoms with Gasteiger partial charge in [-0.1, -0.05) is 39.7 Å². The zero-order chi connectivity index (χ0) is 25.4. The molecule has 0 saturated carbocycles. The lowest BCUT2D eigenvalue weighted by Crippen LogP contribution is -2.35. The van der Waals surface area contributed by atoms with E-state index in [-0.39, 0.29) is 6.10 Å². The fourth-order valence-corrected chi connectivity index (χ4v) is 5.97. The zero-order valence-electron chi connectivity index (χ0n) is 19.9. The number of rotatable bonds is 7. The molecule has 1 fully saturated rings. The highest BCUT2D eigenvalue weighted by Crippen LogP contribution is 2.39. The van der Waals surface area contributed by atoms with Gasteiger partial charge >= 0.3 is 0 Å². The van der Waals surface area contributed by atoms with Crippen molar-refractivity contribution >= 4 is 55.8 Å². The Morgan fingerprint density at radius 3 is 2.75 bits per heavy atom. The molecular weight excluding hydrogens is 564 g/mol. The number of halogens is 2. The summed E-state index contributed by atoms with van der Waals surface area (Å²) in [5, 5.41) is 1.30. The first-order valence-corrected chi connectivity index (χ1v) is 13.7. The van der Waals surface area contributed by atoms with Crippen LogP contribution >= 0.6 is 38.9 Å². The van der Waals surface area contributed by atoms with Crippen molar-refractivity contribution in [1.82, 2.24) is 14.5 Å². The van der Waals surface area contributed by atoms with E-state index < -0.39 is 12.0 Å². The number of hydrogen-bond acceptors (Lipinski definition) is 6. The number of imidazole rings is 1. The van der Waals surface area contributed by atoms with Crippen LogP contribution in [0.5, 0.6) is 11.5 Å². The van der Waals surface area contributed by atoms with Crippen molar-refractivity contribution in [3.05, 3.63) is 68.7 Å². The molecule has 2 aromatic heterocycles. The minimum Gasteiger partial charge on any atom is -0.489 e. The van der Waals surface area contributed by atoms with Crippen LogP contribution in [0.15, 0.2) is 53.3 Å². The number of primary amides is 1. The first kappa shape index (κ1) is 25.1. The van der Waals surface area contributed by atoms with Crippen LogP contribution in [0.25, 0.3) is 16.0 Å². The maximum absolute atomic E-state index is 12.3. The Bertz CT molecular complexity index is 1410. The lowest BCUT2D eigenvalue weighted by atomic mass is 10.1. The van der Waals surface area contributed by atoms with Gasteiger partial charge in [0.25, 0.3) is 5.91 Å². The molecule has 2 aromatic carbocycles. The van der Waals surface area contributed by atoms with E-state index in [4.69, 9.17) is 26.8 Å². The highest BCUT2D eigenvalue weighted by Gasteiger charge is 2.24. The molecule has 0 bridgehead atoms. The van der Waals surface area contributed by atoms with E-state index in [1.807, 2.05) is 54.0 Å². The Hall–Kier alpha value is -2.59. The minimum absolute atomic E-state index is 0.136. The summed E-state index contributed by atoms with van der Waals surface area (Å²) in [5.41, 5.74) is 8.24. The molecule has 2 N–H and O–H groups in total. The second-order valence-corrected chi connectivity index (χ2v) is 11.3. The molecule has 1 atom stereocenters. The normalized spacial score (nSPS) is 15.8. The van der Waals surface area contributed by atoms with Gasteiger partial charge in [0, 0.05) is 29.2 Å². The van der Waals surface area contributed by atoms with Gasteiger partial charge < -0.3 is 20.1 Å². The summed E-state index contributed by atoms with van der Waals surface area (Å²) in [5.74, 6) is 0.508. The molecule has 0 radical (unpaired) electrons. The largest absolute Gasteiger partial charge is 0.489 e. The Kier molecular flexibility index (Phi) is 7.25. The van der Waals surface area contributed by atoms with Crippen molar-refractivity contribution in [2.75, 3.05) is 20.1 Å². The van der Waals surface area contributed by atoms with Gasteiger partial charge in [0.05, 0.1) is 16.1 Å². The molecule has 10 heteroatoms. The van der Waals surface area contributed by atoms with Crippen molar-refractivity contribution in [2.45, 2.75) is 32.0 Å². The van der Waals surface area contributed by atoms with Gasteiger partial charge in [0.1, 0.15) is 39.9 Å². The average Bonchev–Trinajstić information content (AvgIpc) is 3.45. The summed E-state index contributed by atoms with van der Waals surface area (Å²) >= 11 is 11.5. The van der Waals surface area contributed by atoms with Crippen LogP contribution in [0.2, 0.25) is 5.02 Å². The molecule has 188 valence electrons. The molecule has 1 aliphatic heterocycles. The topological polar surface area (TPSA) is 82.6 Å². The lowest BCUT2D eigenvalue weighted by molar-refractivity contribution is 0.0998. The predicted octanol–water partition coefficient (Wildman–Crippen LogP) is 6.21. The van der Waals surface area contributed by atoms with Crippen LogP contribution in [-0.2, 0) is 0 Å². The molecule has 3 heterocycles. The summed E-state index contributed by atoms with van der Waals surface area (Å²) in [6, 6.07) is 13.4. The molecule has 1 amide bonds. The van der Waals surface area contributed by atoms with Crippen molar-refractivity contribution < 1.29 is 14.3 Å². The zero-order valence-corrected chi connectivity index (χ0v) is 23.1. The third-order valence-electron chi connectivity index (χ3n) is 6.35. The summed E-state index contributed by atoms with van der Waals surface area (Å²) < 4.78 is 15.4. The number of piperidine rings is 1. The van der Waals surface area contributed by atoms with E-state index in [0.717, 1.165) is 52.0 Å². The number of hydrogen-bond donors (Lipinski definition) is 1. The second kappa shape index (κ2) is 10.4. The fourth-order valence-electron chi connectivity index (χ4n) is 4.37. The van der Waals surface area contributed by atoms with Gasteiger partial charge in [-0.25, -0.2) is 4.98 Å². The summed E-state index contributed by atoms with van der Waals surface area (Å²) in [6.07, 6.45) is 3.35. The minimum atomic E-state index is -0.550. The van der Waals surface area contributed by atoms with Crippen LogP contribution in [-0.4, -0.2) is 46.6 Å². The Morgan fingerprint density at radius 1 is 1.22 bits per heavy atom. The van der Waals surface area contributed by atoms with E-state index >= 15 is 0 Å². The van der Waals surface area contributed by atoms with Gasteiger partial charge in [-0.05, 0) is 51.1 Å². The number of thiophene rings is 1. The van der Waals surface area contributed by atoms with E-state index in [1.165, 1.54) is 11.3 Å². The third-order valence-corrected chi connectivity index (χ3v) is 8.38. The Balaban J connectivity index is 1.40. The van der Waals surface area contributed by atoms with Crippen LogP contribution in [0.3, 0.4) is 0 Å². The number of carbonyl (C=O) groups is 1. The standard InChI is InChI=1S/C26H26BrClN4O3S/c1-15(18-4-3-5-21(24(18)28)35-17-8-10-31(2)11-9-17)34-22-13-23(36-25(22)26(29)33)32-14-30-19-12-16(27)6-7-20(19)32/h3-7,12-15,17H,8-11H2,1-2H3,(H2,29,33). The fraction of sp³-hybridized carbons (Fsp3) is 0.308. The maximum atomic E-state index is 12.3. The summed E-state index contributed by atoms with van der Waals surface area (Å²) in [7, 11) is 2.12. The number of aromatic nitrogens is 2. The highest BCUT2D eigenvalue weighted by atomic mass is 79.9. The Labute approximate surface area is 226 Å². The smallest absolute Gasteiger partial charge is 0.262 e. The molecule has 4 aromatic rings. The molecular formula is C26H26BrClN4O3S. The van der Waals surface area contributed by atoms with Gasteiger partial charge in [-0.2, -0.15) is 0 Å². The molecule has 1 saturated heterocycles. The second-order valence-electron chi connectivity index (χ2n) is 8.93. The van der Waals surface area contributed by atoms with E-state index in [1.54, 1.807) is 6.33 Å². The molecule has 0 spiro atoms. The van der Waals surface area contributed by atoms with Crippen LogP contribution in [0, 0.1) is 0 Å².